The Morgan fingerprint density at radius 3 is 2.37 bits per heavy atom. The Morgan fingerprint density at radius 1 is 1.04 bits per heavy atom. The Bertz CT molecular complexity index is 831. The summed E-state index contributed by atoms with van der Waals surface area (Å²) >= 11 is 0. The van der Waals surface area contributed by atoms with Crippen LogP contribution in [0.25, 0.3) is 0 Å². The number of anilines is 3. The standard InChI is InChI=1S/C21H25N3O3/c1-14(2)20(25)24-12-4-5-15-6-7-17(13-19(15)24)23-21(26)22-16-8-10-18(27-3)11-9-16/h6-11,13-14H,4-5,12H2,1-3H3,(H2,22,23,26). The molecule has 0 spiro atoms. The Balaban J connectivity index is 1.72. The molecule has 1 heterocycles. The van der Waals surface area contributed by atoms with E-state index in [-0.39, 0.29) is 17.9 Å². The van der Waals surface area contributed by atoms with Crippen LogP contribution in [0.3, 0.4) is 0 Å². The molecule has 2 aromatic rings. The van der Waals surface area contributed by atoms with Gasteiger partial charge in [-0.25, -0.2) is 4.79 Å². The predicted molar refractivity (Wildman–Crippen MR) is 108 cm³/mol. The molecule has 6 heteroatoms. The molecular weight excluding hydrogens is 342 g/mol. The van der Waals surface area contributed by atoms with Crippen molar-refractivity contribution in [2.75, 3.05) is 29.2 Å². The number of hydrogen-bond donors (Lipinski definition) is 2. The van der Waals surface area contributed by atoms with Gasteiger partial charge in [0.15, 0.2) is 0 Å². The van der Waals surface area contributed by atoms with Crippen molar-refractivity contribution in [1.29, 1.82) is 0 Å². The van der Waals surface area contributed by atoms with E-state index in [1.54, 1.807) is 31.4 Å². The van der Waals surface area contributed by atoms with Crippen LogP contribution in [-0.4, -0.2) is 25.6 Å². The minimum absolute atomic E-state index is 0.0639. The van der Waals surface area contributed by atoms with Crippen LogP contribution >= 0.6 is 0 Å². The minimum Gasteiger partial charge on any atom is -0.497 e. The van der Waals surface area contributed by atoms with Crippen LogP contribution in [0.2, 0.25) is 0 Å². The molecule has 0 radical (unpaired) electrons. The molecule has 3 rings (SSSR count). The number of urea groups is 1. The first-order chi connectivity index (χ1) is 13.0. The van der Waals surface area contributed by atoms with Gasteiger partial charge in [-0.3, -0.25) is 4.79 Å². The highest BCUT2D eigenvalue weighted by Crippen LogP contribution is 2.31. The van der Waals surface area contributed by atoms with Crippen LogP contribution in [0.5, 0.6) is 5.75 Å². The molecule has 1 aliphatic rings. The largest absolute Gasteiger partial charge is 0.497 e. The lowest BCUT2D eigenvalue weighted by Gasteiger charge is -2.31. The van der Waals surface area contributed by atoms with Gasteiger partial charge in [0, 0.05) is 29.5 Å². The average Bonchev–Trinajstić information content (AvgIpc) is 2.67. The third-order valence-electron chi connectivity index (χ3n) is 4.57. The molecule has 0 aromatic heterocycles. The van der Waals surface area contributed by atoms with Crippen LogP contribution < -0.4 is 20.3 Å². The molecule has 0 saturated heterocycles. The van der Waals surface area contributed by atoms with Crippen molar-refractivity contribution in [3.63, 3.8) is 0 Å². The van der Waals surface area contributed by atoms with Crippen LogP contribution in [0, 0.1) is 5.92 Å². The van der Waals surface area contributed by atoms with Gasteiger partial charge in [0.25, 0.3) is 0 Å². The van der Waals surface area contributed by atoms with Gasteiger partial charge in [-0.05, 0) is 54.8 Å². The van der Waals surface area contributed by atoms with E-state index in [4.69, 9.17) is 4.74 Å². The summed E-state index contributed by atoms with van der Waals surface area (Å²) in [6.45, 7) is 4.52. The topological polar surface area (TPSA) is 70.7 Å². The molecule has 0 saturated carbocycles. The second-order valence-electron chi connectivity index (χ2n) is 6.90. The quantitative estimate of drug-likeness (QED) is 0.847. The predicted octanol–water partition coefficient (Wildman–Crippen LogP) is 4.27. The molecule has 1 aliphatic heterocycles. The molecule has 6 nitrogen and oxygen atoms in total. The first-order valence-corrected chi connectivity index (χ1v) is 9.14. The normalized spacial score (nSPS) is 13.1. The fraction of sp³-hybridized carbons (Fsp3) is 0.333. The minimum atomic E-state index is -0.335. The van der Waals surface area contributed by atoms with Crippen LogP contribution in [0.15, 0.2) is 42.5 Å². The SMILES string of the molecule is COc1ccc(NC(=O)Nc2ccc3c(c2)N(C(=O)C(C)C)CCC3)cc1. The lowest BCUT2D eigenvalue weighted by Crippen LogP contribution is -2.38. The number of fused-ring (bicyclic) bond motifs is 1. The maximum absolute atomic E-state index is 12.5. The highest BCUT2D eigenvalue weighted by Gasteiger charge is 2.24. The van der Waals surface area contributed by atoms with E-state index in [0.717, 1.165) is 29.8 Å². The third kappa shape index (κ3) is 4.39. The number of ether oxygens (including phenoxy) is 1. The average molecular weight is 367 g/mol. The third-order valence-corrected chi connectivity index (χ3v) is 4.57. The summed E-state index contributed by atoms with van der Waals surface area (Å²) in [5, 5.41) is 5.63. The van der Waals surface area contributed by atoms with Crippen molar-refractivity contribution in [1.82, 2.24) is 0 Å². The number of rotatable bonds is 4. The van der Waals surface area contributed by atoms with E-state index >= 15 is 0 Å². The Hall–Kier alpha value is -3.02. The first-order valence-electron chi connectivity index (χ1n) is 9.14. The maximum Gasteiger partial charge on any atom is 0.323 e. The molecule has 142 valence electrons. The molecule has 0 fully saturated rings. The zero-order valence-electron chi connectivity index (χ0n) is 15.9. The molecule has 0 bridgehead atoms. The van der Waals surface area contributed by atoms with Crippen LogP contribution in [-0.2, 0) is 11.2 Å². The zero-order valence-corrected chi connectivity index (χ0v) is 15.9. The summed E-state index contributed by atoms with van der Waals surface area (Å²) in [5.74, 6) is 0.771. The van der Waals surface area contributed by atoms with Crippen molar-refractivity contribution in [3.05, 3.63) is 48.0 Å². The zero-order chi connectivity index (χ0) is 19.4. The van der Waals surface area contributed by atoms with Crippen LogP contribution in [0.4, 0.5) is 21.9 Å². The van der Waals surface area contributed by atoms with E-state index < -0.39 is 0 Å². The van der Waals surface area contributed by atoms with Crippen molar-refractivity contribution in [2.24, 2.45) is 5.92 Å². The van der Waals surface area contributed by atoms with Gasteiger partial charge in [0.2, 0.25) is 5.91 Å². The Kier molecular flexibility index (Phi) is 5.64. The fourth-order valence-electron chi connectivity index (χ4n) is 3.16. The molecular formula is C21H25N3O3. The highest BCUT2D eigenvalue weighted by molar-refractivity contribution is 6.01. The summed E-state index contributed by atoms with van der Waals surface area (Å²) in [7, 11) is 1.60. The van der Waals surface area contributed by atoms with E-state index in [1.807, 2.05) is 36.9 Å². The summed E-state index contributed by atoms with van der Waals surface area (Å²) in [6, 6.07) is 12.5. The van der Waals surface area contributed by atoms with E-state index in [0.29, 0.717) is 17.9 Å². The smallest absolute Gasteiger partial charge is 0.323 e. The number of benzene rings is 2. The number of methoxy groups -OCH3 is 1. The number of aryl methyl sites for hydroxylation is 1. The van der Waals surface area contributed by atoms with Crippen molar-refractivity contribution < 1.29 is 14.3 Å². The number of amides is 3. The van der Waals surface area contributed by atoms with Gasteiger partial charge in [-0.1, -0.05) is 19.9 Å². The number of carbonyl (C=O) groups excluding carboxylic acids is 2. The van der Waals surface area contributed by atoms with Gasteiger partial charge in [0.05, 0.1) is 7.11 Å². The highest BCUT2D eigenvalue weighted by atomic mass is 16.5. The Labute approximate surface area is 159 Å². The maximum atomic E-state index is 12.5. The van der Waals surface area contributed by atoms with Gasteiger partial charge in [-0.2, -0.15) is 0 Å². The number of hydrogen-bond acceptors (Lipinski definition) is 3. The molecule has 0 atom stereocenters. The first kappa shape index (κ1) is 18.8. The van der Waals surface area contributed by atoms with E-state index in [9.17, 15) is 9.59 Å². The summed E-state index contributed by atoms with van der Waals surface area (Å²) in [4.78, 5) is 26.6. The molecule has 2 N–H and O–H groups in total. The van der Waals surface area contributed by atoms with Gasteiger partial charge < -0.3 is 20.3 Å². The second kappa shape index (κ2) is 8.12. The lowest BCUT2D eigenvalue weighted by atomic mass is 9.99. The molecule has 27 heavy (non-hydrogen) atoms. The monoisotopic (exact) mass is 367 g/mol. The second-order valence-corrected chi connectivity index (χ2v) is 6.90. The molecule has 0 aliphatic carbocycles. The number of nitrogens with zero attached hydrogens (tertiary/aromatic N) is 1. The number of nitrogens with one attached hydrogen (secondary N) is 2. The summed E-state index contributed by atoms with van der Waals surface area (Å²) in [6.07, 6.45) is 1.89. The Morgan fingerprint density at radius 2 is 1.70 bits per heavy atom. The number of carbonyl (C=O) groups is 2. The summed E-state index contributed by atoms with van der Waals surface area (Å²) in [5.41, 5.74) is 3.35. The molecule has 2 aromatic carbocycles. The van der Waals surface area contributed by atoms with Gasteiger partial charge in [-0.15, -0.1) is 0 Å². The van der Waals surface area contributed by atoms with Crippen molar-refractivity contribution in [3.8, 4) is 5.75 Å². The van der Waals surface area contributed by atoms with Crippen molar-refractivity contribution in [2.45, 2.75) is 26.7 Å². The molecule has 0 unspecified atom stereocenters. The van der Waals surface area contributed by atoms with Crippen molar-refractivity contribution >= 4 is 29.0 Å². The van der Waals surface area contributed by atoms with E-state index in [2.05, 4.69) is 10.6 Å². The van der Waals surface area contributed by atoms with Gasteiger partial charge in [0.1, 0.15) is 5.75 Å². The fourth-order valence-corrected chi connectivity index (χ4v) is 3.16. The summed E-state index contributed by atoms with van der Waals surface area (Å²) < 4.78 is 5.11. The lowest BCUT2D eigenvalue weighted by molar-refractivity contribution is -0.121. The van der Waals surface area contributed by atoms with E-state index in [1.165, 1.54) is 0 Å². The molecule has 3 amide bonds. The van der Waals surface area contributed by atoms with Crippen LogP contribution in [0.1, 0.15) is 25.8 Å². The van der Waals surface area contributed by atoms with Gasteiger partial charge >= 0.3 is 6.03 Å².